The molecule has 0 saturated carbocycles. The van der Waals surface area contributed by atoms with Crippen molar-refractivity contribution < 1.29 is 28.6 Å². The number of hydrogen-bond donors (Lipinski definition) is 1. The van der Waals surface area contributed by atoms with E-state index >= 15 is 0 Å². The van der Waals surface area contributed by atoms with Crippen LogP contribution in [-0.2, 0) is 25.2 Å². The zero-order valence-electron chi connectivity index (χ0n) is 26.4. The molecule has 0 saturated heterocycles. The van der Waals surface area contributed by atoms with E-state index in [-0.39, 0.29) is 28.7 Å². The molecule has 232 valence electrons. The lowest BCUT2D eigenvalue weighted by atomic mass is 9.76. The van der Waals surface area contributed by atoms with Crippen molar-refractivity contribution in [1.29, 1.82) is 0 Å². The van der Waals surface area contributed by atoms with Crippen LogP contribution in [0.25, 0.3) is 10.8 Å². The fraction of sp³-hybridized carbons (Fsp3) is 0.457. The highest BCUT2D eigenvalue weighted by Gasteiger charge is 2.27. The maximum Gasteiger partial charge on any atom is 0.422 e. The Morgan fingerprint density at radius 3 is 2.16 bits per heavy atom. The van der Waals surface area contributed by atoms with Crippen molar-refractivity contribution in [3.05, 3.63) is 68.8 Å². The van der Waals surface area contributed by atoms with Gasteiger partial charge in [0.25, 0.3) is 5.91 Å². The highest BCUT2D eigenvalue weighted by molar-refractivity contribution is 14.1. The molecule has 0 fully saturated rings. The van der Waals surface area contributed by atoms with Gasteiger partial charge in [-0.05, 0) is 89.1 Å². The van der Waals surface area contributed by atoms with Crippen LogP contribution in [0.2, 0.25) is 0 Å². The second kappa shape index (κ2) is 15.0. The standard InChI is InChI=1S/C35H44INO6/c1-8-34(4,5)23-17-18-29(27(21-23)35(6,7)9-2)42-20-14-13-19-37-31(38)26-22-28(36)24-15-11-12-16-25(24)30(26)43-33(40)32(39)41-10-3/h11-12,15-18,21-22H,8-10,13-14,19-20H2,1-7H3,(H,37,38). The number of amides is 1. The molecule has 7 nitrogen and oxygen atoms in total. The minimum absolute atomic E-state index is 0.0189. The van der Waals surface area contributed by atoms with Gasteiger partial charge in [0.1, 0.15) is 5.75 Å². The monoisotopic (exact) mass is 701 g/mol. The Morgan fingerprint density at radius 1 is 0.837 bits per heavy atom. The lowest BCUT2D eigenvalue weighted by molar-refractivity contribution is -0.161. The summed E-state index contributed by atoms with van der Waals surface area (Å²) in [4.78, 5) is 37.6. The van der Waals surface area contributed by atoms with Gasteiger partial charge >= 0.3 is 11.9 Å². The predicted octanol–water partition coefficient (Wildman–Crippen LogP) is 7.88. The number of carbonyl (C=O) groups excluding carboxylic acids is 3. The molecule has 0 atom stereocenters. The Hall–Kier alpha value is -3.14. The molecular formula is C35H44INO6. The highest BCUT2D eigenvalue weighted by Crippen LogP contribution is 2.38. The van der Waals surface area contributed by atoms with Gasteiger partial charge in [0, 0.05) is 21.1 Å². The van der Waals surface area contributed by atoms with Gasteiger partial charge in [-0.3, -0.25) is 4.79 Å². The van der Waals surface area contributed by atoms with E-state index in [0.717, 1.165) is 34.0 Å². The first-order chi connectivity index (χ1) is 20.4. The SMILES string of the molecule is CCOC(=O)C(=O)Oc1c(C(=O)NCCCCOc2ccc(C(C)(C)CC)cc2C(C)(C)CC)cc(I)c2ccccc12. The number of nitrogens with one attached hydrogen (secondary N) is 1. The lowest BCUT2D eigenvalue weighted by Gasteiger charge is -2.30. The van der Waals surface area contributed by atoms with Gasteiger partial charge in [0.05, 0.1) is 18.8 Å². The molecule has 1 amide bonds. The van der Waals surface area contributed by atoms with E-state index in [0.29, 0.717) is 25.0 Å². The average Bonchev–Trinajstić information content (AvgIpc) is 2.99. The molecule has 0 unspecified atom stereocenters. The quantitative estimate of drug-likeness (QED) is 0.0642. The van der Waals surface area contributed by atoms with E-state index in [1.807, 2.05) is 12.1 Å². The second-order valence-electron chi connectivity index (χ2n) is 11.9. The van der Waals surface area contributed by atoms with Crippen LogP contribution in [0.5, 0.6) is 11.5 Å². The van der Waals surface area contributed by atoms with Crippen LogP contribution in [0.4, 0.5) is 0 Å². The molecule has 0 aliphatic carbocycles. The van der Waals surface area contributed by atoms with Gasteiger partial charge in [-0.2, -0.15) is 0 Å². The first-order valence-corrected chi connectivity index (χ1v) is 16.1. The van der Waals surface area contributed by atoms with Gasteiger partial charge in [-0.1, -0.05) is 77.9 Å². The molecule has 0 heterocycles. The van der Waals surface area contributed by atoms with Crippen LogP contribution in [0, 0.1) is 3.57 Å². The third-order valence-corrected chi connectivity index (χ3v) is 9.09. The molecular weight excluding hydrogens is 657 g/mol. The van der Waals surface area contributed by atoms with Crippen LogP contribution >= 0.6 is 22.6 Å². The summed E-state index contributed by atoms with van der Waals surface area (Å²) >= 11 is 2.15. The first-order valence-electron chi connectivity index (χ1n) is 15.0. The van der Waals surface area contributed by atoms with Crippen molar-refractivity contribution >= 4 is 51.2 Å². The van der Waals surface area contributed by atoms with Crippen molar-refractivity contribution in [1.82, 2.24) is 5.32 Å². The number of benzene rings is 3. The van der Waals surface area contributed by atoms with Gasteiger partial charge in [-0.25, -0.2) is 9.59 Å². The number of esters is 2. The zero-order valence-corrected chi connectivity index (χ0v) is 28.6. The molecule has 8 heteroatoms. The topological polar surface area (TPSA) is 90.9 Å². The molecule has 0 aliphatic rings. The van der Waals surface area contributed by atoms with Crippen molar-refractivity contribution in [3.8, 4) is 11.5 Å². The van der Waals surface area contributed by atoms with Crippen LogP contribution in [-0.4, -0.2) is 37.6 Å². The maximum absolute atomic E-state index is 13.3. The predicted molar refractivity (Wildman–Crippen MR) is 179 cm³/mol. The second-order valence-corrected chi connectivity index (χ2v) is 13.1. The van der Waals surface area contributed by atoms with Crippen LogP contribution in [0.1, 0.15) is 95.6 Å². The van der Waals surface area contributed by atoms with E-state index < -0.39 is 17.8 Å². The van der Waals surface area contributed by atoms with Gasteiger partial charge < -0.3 is 19.5 Å². The third kappa shape index (κ3) is 8.49. The van der Waals surface area contributed by atoms with E-state index in [4.69, 9.17) is 14.2 Å². The Morgan fingerprint density at radius 2 is 1.51 bits per heavy atom. The molecule has 0 aromatic heterocycles. The minimum Gasteiger partial charge on any atom is -0.493 e. The third-order valence-electron chi connectivity index (χ3n) is 8.20. The maximum atomic E-state index is 13.3. The summed E-state index contributed by atoms with van der Waals surface area (Å²) in [6.45, 7) is 16.0. The number of ether oxygens (including phenoxy) is 3. The summed E-state index contributed by atoms with van der Waals surface area (Å²) in [5.74, 6) is -1.72. The van der Waals surface area contributed by atoms with Gasteiger partial charge in [-0.15, -0.1) is 0 Å². The zero-order chi connectivity index (χ0) is 31.8. The normalized spacial score (nSPS) is 11.7. The van der Waals surface area contributed by atoms with E-state index in [9.17, 15) is 14.4 Å². The molecule has 0 spiro atoms. The van der Waals surface area contributed by atoms with Crippen LogP contribution in [0.3, 0.4) is 0 Å². The summed E-state index contributed by atoms with van der Waals surface area (Å²) in [5, 5.41) is 4.29. The molecule has 43 heavy (non-hydrogen) atoms. The Kier molecular flexibility index (Phi) is 12.0. The minimum atomic E-state index is -1.17. The molecule has 0 bridgehead atoms. The number of unbranched alkanes of at least 4 members (excludes halogenated alkanes) is 1. The average molecular weight is 702 g/mol. The first kappa shape index (κ1) is 34.4. The number of halogens is 1. The summed E-state index contributed by atoms with van der Waals surface area (Å²) in [5.41, 5.74) is 2.79. The summed E-state index contributed by atoms with van der Waals surface area (Å²) < 4.78 is 17.3. The Labute approximate surface area is 269 Å². The molecule has 0 aliphatic heterocycles. The lowest BCUT2D eigenvalue weighted by Crippen LogP contribution is -2.28. The number of fused-ring (bicyclic) bond motifs is 1. The fourth-order valence-corrected chi connectivity index (χ4v) is 5.40. The van der Waals surface area contributed by atoms with Crippen molar-refractivity contribution in [2.24, 2.45) is 0 Å². The smallest absolute Gasteiger partial charge is 0.422 e. The largest absolute Gasteiger partial charge is 0.493 e. The van der Waals surface area contributed by atoms with E-state index in [2.05, 4.69) is 87.6 Å². The summed E-state index contributed by atoms with van der Waals surface area (Å²) in [7, 11) is 0. The number of hydrogen-bond acceptors (Lipinski definition) is 6. The van der Waals surface area contributed by atoms with Crippen molar-refractivity contribution in [3.63, 3.8) is 0 Å². The van der Waals surface area contributed by atoms with E-state index in [1.54, 1.807) is 25.1 Å². The summed E-state index contributed by atoms with van der Waals surface area (Å²) in [6.07, 6.45) is 3.49. The fourth-order valence-electron chi connectivity index (χ4n) is 4.61. The van der Waals surface area contributed by atoms with Crippen LogP contribution < -0.4 is 14.8 Å². The van der Waals surface area contributed by atoms with Gasteiger partial charge in [0.15, 0.2) is 5.75 Å². The molecule has 3 rings (SSSR count). The van der Waals surface area contributed by atoms with Crippen molar-refractivity contribution in [2.45, 2.75) is 85.0 Å². The Bertz CT molecular complexity index is 1460. The van der Waals surface area contributed by atoms with Crippen LogP contribution in [0.15, 0.2) is 48.5 Å². The highest BCUT2D eigenvalue weighted by atomic mass is 127. The van der Waals surface area contributed by atoms with Crippen molar-refractivity contribution in [2.75, 3.05) is 19.8 Å². The molecule has 3 aromatic rings. The molecule has 0 radical (unpaired) electrons. The molecule has 3 aromatic carbocycles. The Balaban J connectivity index is 1.67. The molecule has 1 N–H and O–H groups in total. The number of carbonyl (C=O) groups is 3. The number of rotatable bonds is 13. The van der Waals surface area contributed by atoms with E-state index in [1.165, 1.54) is 11.1 Å². The van der Waals surface area contributed by atoms with Gasteiger partial charge in [0.2, 0.25) is 0 Å². The summed E-state index contributed by atoms with van der Waals surface area (Å²) in [6, 6.07) is 15.5.